The first-order valence-corrected chi connectivity index (χ1v) is 5.64. The zero-order valence-electron chi connectivity index (χ0n) is 9.42. The fourth-order valence-corrected chi connectivity index (χ4v) is 1.83. The van der Waals surface area contributed by atoms with Crippen LogP contribution >= 0.6 is 11.6 Å². The lowest BCUT2D eigenvalue weighted by atomic mass is 10.2. The van der Waals surface area contributed by atoms with Gasteiger partial charge in [0.25, 0.3) is 5.91 Å². The van der Waals surface area contributed by atoms with Crippen molar-refractivity contribution >= 4 is 28.4 Å². The summed E-state index contributed by atoms with van der Waals surface area (Å²) in [6, 6.07) is 7.32. The van der Waals surface area contributed by atoms with E-state index in [1.54, 1.807) is 19.2 Å². The number of hydrogen-bond donors (Lipinski definition) is 2. The molecule has 1 amide bonds. The van der Waals surface area contributed by atoms with Crippen molar-refractivity contribution in [1.82, 2.24) is 10.3 Å². The predicted molar refractivity (Wildman–Crippen MR) is 67.5 cm³/mol. The number of H-pyrrole nitrogens is 1. The number of aromatic amines is 1. The van der Waals surface area contributed by atoms with Crippen molar-refractivity contribution in [3.05, 3.63) is 35.0 Å². The van der Waals surface area contributed by atoms with Crippen LogP contribution in [0.25, 0.3) is 10.9 Å². The minimum atomic E-state index is -0.158. The molecule has 1 aromatic heterocycles. The van der Waals surface area contributed by atoms with Crippen molar-refractivity contribution < 1.29 is 9.53 Å². The fourth-order valence-electron chi connectivity index (χ4n) is 1.60. The van der Waals surface area contributed by atoms with Gasteiger partial charge in [-0.15, -0.1) is 0 Å². The van der Waals surface area contributed by atoms with E-state index in [0.29, 0.717) is 23.9 Å². The standard InChI is InChI=1S/C12H13ClN2O2/c1-17-6-5-14-12(16)10-7-8-3-2-4-9(13)11(8)15-10/h2-4,7,15H,5-6H2,1H3,(H,14,16). The first-order chi connectivity index (χ1) is 8.22. The van der Waals surface area contributed by atoms with E-state index in [1.165, 1.54) is 0 Å². The number of hydrogen-bond acceptors (Lipinski definition) is 2. The number of carbonyl (C=O) groups is 1. The molecule has 2 rings (SSSR count). The van der Waals surface area contributed by atoms with E-state index < -0.39 is 0 Å². The molecular weight excluding hydrogens is 240 g/mol. The van der Waals surface area contributed by atoms with E-state index in [4.69, 9.17) is 16.3 Å². The number of para-hydroxylation sites is 1. The van der Waals surface area contributed by atoms with E-state index in [-0.39, 0.29) is 5.91 Å². The number of fused-ring (bicyclic) bond motifs is 1. The Morgan fingerprint density at radius 2 is 2.35 bits per heavy atom. The molecule has 2 N–H and O–H groups in total. The van der Waals surface area contributed by atoms with Crippen LogP contribution in [-0.4, -0.2) is 31.2 Å². The second kappa shape index (κ2) is 5.21. The number of halogens is 1. The number of aromatic nitrogens is 1. The Balaban J connectivity index is 2.19. The average Bonchev–Trinajstić information content (AvgIpc) is 2.75. The van der Waals surface area contributed by atoms with Gasteiger partial charge in [-0.1, -0.05) is 23.7 Å². The Morgan fingerprint density at radius 3 is 3.06 bits per heavy atom. The number of amides is 1. The highest BCUT2D eigenvalue weighted by Crippen LogP contribution is 2.23. The molecule has 17 heavy (non-hydrogen) atoms. The Bertz CT molecular complexity index is 536. The molecule has 0 fully saturated rings. The van der Waals surface area contributed by atoms with E-state index in [0.717, 1.165) is 10.9 Å². The molecular formula is C12H13ClN2O2. The summed E-state index contributed by atoms with van der Waals surface area (Å²) >= 11 is 6.02. The SMILES string of the molecule is COCCNC(=O)c1cc2cccc(Cl)c2[nH]1. The van der Waals surface area contributed by atoms with Gasteiger partial charge >= 0.3 is 0 Å². The van der Waals surface area contributed by atoms with Gasteiger partial charge in [0.15, 0.2) is 0 Å². The molecule has 0 spiro atoms. The first kappa shape index (κ1) is 12.0. The Kier molecular flexibility index (Phi) is 3.66. The summed E-state index contributed by atoms with van der Waals surface area (Å²) in [5.74, 6) is -0.158. The maximum absolute atomic E-state index is 11.8. The topological polar surface area (TPSA) is 54.1 Å². The zero-order valence-corrected chi connectivity index (χ0v) is 10.2. The third-order valence-electron chi connectivity index (χ3n) is 2.44. The minimum absolute atomic E-state index is 0.158. The van der Waals surface area contributed by atoms with Crippen LogP contribution in [0.3, 0.4) is 0 Å². The fraction of sp³-hybridized carbons (Fsp3) is 0.250. The van der Waals surface area contributed by atoms with Gasteiger partial charge in [-0.05, 0) is 12.1 Å². The van der Waals surface area contributed by atoms with Crippen LogP contribution in [0, 0.1) is 0 Å². The summed E-state index contributed by atoms with van der Waals surface area (Å²) in [5.41, 5.74) is 1.29. The molecule has 2 aromatic rings. The molecule has 0 atom stereocenters. The number of benzene rings is 1. The van der Waals surface area contributed by atoms with Crippen LogP contribution in [0.2, 0.25) is 5.02 Å². The molecule has 0 saturated carbocycles. The Hall–Kier alpha value is -1.52. The highest BCUT2D eigenvalue weighted by molar-refractivity contribution is 6.35. The number of ether oxygens (including phenoxy) is 1. The van der Waals surface area contributed by atoms with Crippen LogP contribution in [0.1, 0.15) is 10.5 Å². The molecule has 0 aliphatic carbocycles. The van der Waals surface area contributed by atoms with Crippen molar-refractivity contribution in [2.75, 3.05) is 20.3 Å². The number of rotatable bonds is 4. The van der Waals surface area contributed by atoms with E-state index in [2.05, 4.69) is 10.3 Å². The number of methoxy groups -OCH3 is 1. The monoisotopic (exact) mass is 252 g/mol. The Morgan fingerprint density at radius 1 is 1.53 bits per heavy atom. The molecule has 1 heterocycles. The molecule has 5 heteroatoms. The minimum Gasteiger partial charge on any atom is -0.383 e. The van der Waals surface area contributed by atoms with Gasteiger partial charge in [0.05, 0.1) is 17.1 Å². The molecule has 1 aromatic carbocycles. The molecule has 0 bridgehead atoms. The van der Waals surface area contributed by atoms with Crippen molar-refractivity contribution in [2.24, 2.45) is 0 Å². The van der Waals surface area contributed by atoms with Gasteiger partial charge < -0.3 is 15.0 Å². The second-order valence-electron chi connectivity index (χ2n) is 3.64. The summed E-state index contributed by atoms with van der Waals surface area (Å²) < 4.78 is 4.86. The van der Waals surface area contributed by atoms with E-state index in [9.17, 15) is 4.79 Å². The highest BCUT2D eigenvalue weighted by Gasteiger charge is 2.10. The summed E-state index contributed by atoms with van der Waals surface area (Å²) in [7, 11) is 1.59. The quantitative estimate of drug-likeness (QED) is 0.820. The van der Waals surface area contributed by atoms with Crippen LogP contribution in [0.15, 0.2) is 24.3 Å². The van der Waals surface area contributed by atoms with Gasteiger partial charge in [-0.3, -0.25) is 4.79 Å². The second-order valence-corrected chi connectivity index (χ2v) is 4.04. The number of nitrogens with one attached hydrogen (secondary N) is 2. The van der Waals surface area contributed by atoms with Gasteiger partial charge in [0.1, 0.15) is 5.69 Å². The summed E-state index contributed by atoms with van der Waals surface area (Å²) in [6.45, 7) is 0.977. The smallest absolute Gasteiger partial charge is 0.267 e. The average molecular weight is 253 g/mol. The van der Waals surface area contributed by atoms with Crippen LogP contribution in [0.4, 0.5) is 0 Å². The van der Waals surface area contributed by atoms with Crippen LogP contribution in [-0.2, 0) is 4.74 Å². The van der Waals surface area contributed by atoms with Gasteiger partial charge in [-0.25, -0.2) is 0 Å². The predicted octanol–water partition coefficient (Wildman–Crippen LogP) is 2.20. The lowest BCUT2D eigenvalue weighted by molar-refractivity contribution is 0.0933. The summed E-state index contributed by atoms with van der Waals surface area (Å²) in [6.07, 6.45) is 0. The highest BCUT2D eigenvalue weighted by atomic mass is 35.5. The molecule has 0 aliphatic rings. The van der Waals surface area contributed by atoms with Crippen molar-refractivity contribution in [3.63, 3.8) is 0 Å². The molecule has 0 aliphatic heterocycles. The van der Waals surface area contributed by atoms with Gasteiger partial charge in [0, 0.05) is 19.0 Å². The molecule has 0 saturated heterocycles. The van der Waals surface area contributed by atoms with Crippen molar-refractivity contribution in [1.29, 1.82) is 0 Å². The number of carbonyl (C=O) groups excluding carboxylic acids is 1. The summed E-state index contributed by atoms with van der Waals surface area (Å²) in [5, 5.41) is 4.28. The van der Waals surface area contributed by atoms with Crippen molar-refractivity contribution in [3.8, 4) is 0 Å². The molecule has 90 valence electrons. The third-order valence-corrected chi connectivity index (χ3v) is 2.76. The Labute approximate surface area is 104 Å². The first-order valence-electron chi connectivity index (χ1n) is 5.26. The summed E-state index contributed by atoms with van der Waals surface area (Å²) in [4.78, 5) is 14.8. The zero-order chi connectivity index (χ0) is 12.3. The largest absolute Gasteiger partial charge is 0.383 e. The maximum Gasteiger partial charge on any atom is 0.267 e. The third kappa shape index (κ3) is 2.60. The van der Waals surface area contributed by atoms with Gasteiger partial charge in [0.2, 0.25) is 0 Å². The van der Waals surface area contributed by atoms with Gasteiger partial charge in [-0.2, -0.15) is 0 Å². The lowest BCUT2D eigenvalue weighted by Gasteiger charge is -2.01. The molecule has 0 radical (unpaired) electrons. The van der Waals surface area contributed by atoms with Crippen molar-refractivity contribution in [2.45, 2.75) is 0 Å². The van der Waals surface area contributed by atoms with Crippen LogP contribution < -0.4 is 5.32 Å². The van der Waals surface area contributed by atoms with E-state index >= 15 is 0 Å². The normalized spacial score (nSPS) is 10.7. The van der Waals surface area contributed by atoms with Crippen LogP contribution in [0.5, 0.6) is 0 Å². The lowest BCUT2D eigenvalue weighted by Crippen LogP contribution is -2.27. The molecule has 4 nitrogen and oxygen atoms in total. The van der Waals surface area contributed by atoms with E-state index in [1.807, 2.05) is 12.1 Å². The molecule has 0 unspecified atom stereocenters. The maximum atomic E-state index is 11.8.